The van der Waals surface area contributed by atoms with Crippen LogP contribution in [0.25, 0.3) is 0 Å². The van der Waals surface area contributed by atoms with Gasteiger partial charge < -0.3 is 10.6 Å². The van der Waals surface area contributed by atoms with Crippen molar-refractivity contribution < 1.29 is 8.78 Å². The minimum Gasteiger partial charge on any atom is -0.356 e. The number of benzene rings is 1. The Kier molecular flexibility index (Phi) is 9.78. The van der Waals surface area contributed by atoms with Gasteiger partial charge in [0.25, 0.3) is 0 Å². The lowest BCUT2D eigenvalue weighted by Gasteiger charge is -2.33. The molecule has 29 heavy (non-hydrogen) atoms. The molecule has 0 amide bonds. The first-order valence-corrected chi connectivity index (χ1v) is 10.6. The fraction of sp³-hybridized carbons (Fsp3) is 0.476. The fourth-order valence-electron chi connectivity index (χ4n) is 3.53. The van der Waals surface area contributed by atoms with Crippen molar-refractivity contribution in [1.82, 2.24) is 15.5 Å². The molecule has 0 radical (unpaired) electrons. The number of halogens is 3. The van der Waals surface area contributed by atoms with Crippen LogP contribution in [0.2, 0.25) is 0 Å². The lowest BCUT2D eigenvalue weighted by Crippen LogP contribution is -2.49. The van der Waals surface area contributed by atoms with Crippen LogP contribution in [0.1, 0.15) is 36.8 Å². The average molecular weight is 534 g/mol. The average Bonchev–Trinajstić information content (AvgIpc) is 3.19. The minimum absolute atomic E-state index is 0. The van der Waals surface area contributed by atoms with Gasteiger partial charge in [-0.15, -0.1) is 24.0 Å². The van der Waals surface area contributed by atoms with E-state index < -0.39 is 11.6 Å². The van der Waals surface area contributed by atoms with E-state index in [1.807, 2.05) is 6.92 Å². The molecule has 1 atom stereocenters. The molecule has 0 aliphatic carbocycles. The predicted molar refractivity (Wildman–Crippen MR) is 127 cm³/mol. The summed E-state index contributed by atoms with van der Waals surface area (Å²) in [6.07, 6.45) is 2.12. The van der Waals surface area contributed by atoms with Crippen LogP contribution < -0.4 is 10.6 Å². The van der Waals surface area contributed by atoms with E-state index in [2.05, 4.69) is 37.4 Å². The molecule has 2 N–H and O–H groups in total. The molecule has 0 bridgehead atoms. The number of nitrogens with zero attached hydrogens (tertiary/aromatic N) is 2. The van der Waals surface area contributed by atoms with E-state index in [0.717, 1.165) is 44.5 Å². The summed E-state index contributed by atoms with van der Waals surface area (Å²) >= 11 is 1.74. The number of hydrogen-bond acceptors (Lipinski definition) is 3. The van der Waals surface area contributed by atoms with Crippen LogP contribution in [0.15, 0.2) is 40.0 Å². The third kappa shape index (κ3) is 7.18. The molecular formula is C21H29F2IN4S. The number of likely N-dealkylation sites (tertiary alicyclic amines) is 1. The Hall–Kier alpha value is -1.26. The van der Waals surface area contributed by atoms with Crippen molar-refractivity contribution in [3.05, 3.63) is 57.8 Å². The Morgan fingerprint density at radius 1 is 1.28 bits per heavy atom. The van der Waals surface area contributed by atoms with E-state index in [1.54, 1.807) is 18.4 Å². The van der Waals surface area contributed by atoms with E-state index in [9.17, 15) is 8.78 Å². The van der Waals surface area contributed by atoms with Crippen molar-refractivity contribution in [3.63, 3.8) is 0 Å². The highest BCUT2D eigenvalue weighted by molar-refractivity contribution is 14.0. The maximum Gasteiger partial charge on any atom is 0.191 e. The number of aliphatic imine (C=N–C) groups is 1. The summed E-state index contributed by atoms with van der Waals surface area (Å²) in [5.74, 6) is -0.420. The van der Waals surface area contributed by atoms with Gasteiger partial charge in [-0.1, -0.05) is 13.0 Å². The molecule has 3 rings (SSSR count). The normalized spacial score (nSPS) is 16.9. The van der Waals surface area contributed by atoms with E-state index in [0.29, 0.717) is 18.2 Å². The van der Waals surface area contributed by atoms with E-state index >= 15 is 0 Å². The van der Waals surface area contributed by atoms with Gasteiger partial charge in [0.2, 0.25) is 0 Å². The van der Waals surface area contributed by atoms with Gasteiger partial charge in [-0.05, 0) is 46.9 Å². The summed E-state index contributed by atoms with van der Waals surface area (Å²) in [5.41, 5.74) is 1.89. The zero-order valence-electron chi connectivity index (χ0n) is 16.8. The van der Waals surface area contributed by atoms with Gasteiger partial charge in [0.1, 0.15) is 11.6 Å². The van der Waals surface area contributed by atoms with Crippen molar-refractivity contribution in [2.75, 3.05) is 26.7 Å². The molecule has 1 unspecified atom stereocenters. The summed E-state index contributed by atoms with van der Waals surface area (Å²) < 4.78 is 27.0. The van der Waals surface area contributed by atoms with Crippen molar-refractivity contribution in [3.8, 4) is 0 Å². The Bertz CT molecular complexity index is 777. The van der Waals surface area contributed by atoms with E-state index in [-0.39, 0.29) is 29.9 Å². The van der Waals surface area contributed by atoms with Gasteiger partial charge in [0.05, 0.1) is 0 Å². The molecule has 1 aromatic carbocycles. The number of guanidine groups is 1. The number of rotatable bonds is 6. The standard InChI is InChI=1S/C21H28F2N4S.HI/c1-15(19-4-3-17(22)11-20(19)23)12-25-21(24-2)26-18-5-8-27(9-6-18)13-16-7-10-28-14-16;/h3-4,7,10-11,14-15,18H,5-6,8-9,12-13H2,1-2H3,(H2,24,25,26);1H. The summed E-state index contributed by atoms with van der Waals surface area (Å²) in [6, 6.07) is 6.31. The molecule has 1 fully saturated rings. The van der Waals surface area contributed by atoms with E-state index in [4.69, 9.17) is 0 Å². The molecule has 4 nitrogen and oxygen atoms in total. The Labute approximate surface area is 192 Å². The topological polar surface area (TPSA) is 39.7 Å². The van der Waals surface area contributed by atoms with Gasteiger partial charge >= 0.3 is 0 Å². The quantitative estimate of drug-likeness (QED) is 0.324. The first-order valence-electron chi connectivity index (χ1n) is 9.70. The first kappa shape index (κ1) is 24.0. The lowest BCUT2D eigenvalue weighted by atomic mass is 10.0. The zero-order chi connectivity index (χ0) is 19.9. The molecule has 1 aliphatic rings. The number of hydrogen-bond donors (Lipinski definition) is 2. The van der Waals surface area contributed by atoms with Crippen molar-refractivity contribution in [2.45, 2.75) is 38.3 Å². The van der Waals surface area contributed by atoms with Crippen LogP contribution >= 0.6 is 35.3 Å². The molecule has 8 heteroatoms. The summed E-state index contributed by atoms with van der Waals surface area (Å²) in [4.78, 5) is 6.77. The molecule has 2 heterocycles. The molecule has 0 saturated carbocycles. The lowest BCUT2D eigenvalue weighted by molar-refractivity contribution is 0.198. The summed E-state index contributed by atoms with van der Waals surface area (Å²) in [5, 5.41) is 11.1. The molecule has 1 aromatic heterocycles. The summed E-state index contributed by atoms with van der Waals surface area (Å²) in [6.45, 7) is 5.58. The molecule has 1 saturated heterocycles. The van der Waals surface area contributed by atoms with Crippen LogP contribution in [-0.4, -0.2) is 43.6 Å². The fourth-order valence-corrected chi connectivity index (χ4v) is 4.18. The minimum atomic E-state index is -0.552. The third-order valence-corrected chi connectivity index (χ3v) is 5.94. The predicted octanol–water partition coefficient (Wildman–Crippen LogP) is 4.58. The third-order valence-electron chi connectivity index (χ3n) is 5.21. The van der Waals surface area contributed by atoms with Crippen LogP contribution in [0.3, 0.4) is 0 Å². The zero-order valence-corrected chi connectivity index (χ0v) is 20.0. The second-order valence-corrected chi connectivity index (χ2v) is 8.13. The second-order valence-electron chi connectivity index (χ2n) is 7.35. The van der Waals surface area contributed by atoms with E-state index in [1.165, 1.54) is 17.7 Å². The summed E-state index contributed by atoms with van der Waals surface area (Å²) in [7, 11) is 1.74. The van der Waals surface area contributed by atoms with Crippen molar-refractivity contribution >= 4 is 41.3 Å². The van der Waals surface area contributed by atoms with Crippen molar-refractivity contribution in [2.24, 2.45) is 4.99 Å². The number of thiophene rings is 1. The monoisotopic (exact) mass is 534 g/mol. The van der Waals surface area contributed by atoms with Gasteiger partial charge in [-0.3, -0.25) is 9.89 Å². The molecule has 0 spiro atoms. The van der Waals surface area contributed by atoms with Crippen molar-refractivity contribution in [1.29, 1.82) is 0 Å². The van der Waals surface area contributed by atoms with Gasteiger partial charge in [-0.2, -0.15) is 11.3 Å². The first-order chi connectivity index (χ1) is 13.5. The van der Waals surface area contributed by atoms with Crippen LogP contribution in [0.5, 0.6) is 0 Å². The highest BCUT2D eigenvalue weighted by atomic mass is 127. The molecule has 1 aliphatic heterocycles. The molecule has 2 aromatic rings. The maximum absolute atomic E-state index is 13.9. The highest BCUT2D eigenvalue weighted by Gasteiger charge is 2.20. The maximum atomic E-state index is 13.9. The smallest absolute Gasteiger partial charge is 0.191 e. The van der Waals surface area contributed by atoms with Gasteiger partial charge in [-0.25, -0.2) is 8.78 Å². The number of nitrogens with one attached hydrogen (secondary N) is 2. The van der Waals surface area contributed by atoms with Gasteiger partial charge in [0, 0.05) is 51.3 Å². The highest BCUT2D eigenvalue weighted by Crippen LogP contribution is 2.19. The SMILES string of the molecule is CN=C(NCC(C)c1ccc(F)cc1F)NC1CCN(Cc2ccsc2)CC1.I. The molecular weight excluding hydrogens is 505 g/mol. The Morgan fingerprint density at radius 3 is 2.66 bits per heavy atom. The largest absolute Gasteiger partial charge is 0.356 e. The van der Waals surface area contributed by atoms with Crippen LogP contribution in [-0.2, 0) is 6.54 Å². The second kappa shape index (κ2) is 11.8. The van der Waals surface area contributed by atoms with Crippen LogP contribution in [0.4, 0.5) is 8.78 Å². The number of piperidine rings is 1. The van der Waals surface area contributed by atoms with Crippen LogP contribution in [0, 0.1) is 11.6 Å². The molecule has 160 valence electrons. The Balaban J connectivity index is 0.00000300. The van der Waals surface area contributed by atoms with Gasteiger partial charge in [0.15, 0.2) is 5.96 Å². The Morgan fingerprint density at radius 2 is 2.03 bits per heavy atom.